The third kappa shape index (κ3) is 4.77. The van der Waals surface area contributed by atoms with Crippen molar-refractivity contribution in [2.45, 2.75) is 58.8 Å². The van der Waals surface area contributed by atoms with Gasteiger partial charge in [0.2, 0.25) is 0 Å². The number of hydrogen-bond donors (Lipinski definition) is 1. The molecule has 0 radical (unpaired) electrons. The van der Waals surface area contributed by atoms with Gasteiger partial charge in [0.25, 0.3) is 0 Å². The molecule has 162 valence electrons. The Bertz CT molecular complexity index is 811. The fraction of sp³-hybridized carbons (Fsp3) is 0.556. The molecule has 0 bridgehead atoms. The Balaban J connectivity index is 1.29. The molecule has 4 rings (SSSR count). The van der Waals surface area contributed by atoms with Gasteiger partial charge in [-0.05, 0) is 79.5 Å². The van der Waals surface area contributed by atoms with Crippen LogP contribution in [-0.2, 0) is 12.8 Å². The highest BCUT2D eigenvalue weighted by molar-refractivity contribution is 5.33. The van der Waals surface area contributed by atoms with Crippen molar-refractivity contribution in [2.75, 3.05) is 32.7 Å². The summed E-state index contributed by atoms with van der Waals surface area (Å²) in [6.07, 6.45) is 15.3. The molecule has 0 saturated carbocycles. The van der Waals surface area contributed by atoms with Gasteiger partial charge in [-0.3, -0.25) is 0 Å². The number of hydrogen-bond acceptors (Lipinski definition) is 3. The molecule has 1 N–H and O–H groups in total. The van der Waals surface area contributed by atoms with E-state index in [0.717, 1.165) is 26.1 Å². The molecule has 0 aliphatic carbocycles. The molecule has 0 unspecified atom stereocenters. The summed E-state index contributed by atoms with van der Waals surface area (Å²) >= 11 is 0. The van der Waals surface area contributed by atoms with Gasteiger partial charge < -0.3 is 15.1 Å². The number of unbranched alkanes of at least 4 members (excludes halogenated alkanes) is 1. The number of nitrogens with zero attached hydrogens (tertiary/aromatic N) is 2. The molecule has 1 aromatic carbocycles. The highest BCUT2D eigenvalue weighted by Gasteiger charge is 2.41. The molecule has 1 aromatic rings. The molecule has 0 atom stereocenters. The summed E-state index contributed by atoms with van der Waals surface area (Å²) in [5.74, 6) is 0. The Labute approximate surface area is 183 Å². The summed E-state index contributed by atoms with van der Waals surface area (Å²) in [6, 6.07) is 7.05. The fourth-order valence-corrected chi connectivity index (χ4v) is 5.40. The first-order valence-electron chi connectivity index (χ1n) is 11.9. The van der Waals surface area contributed by atoms with Crippen LogP contribution in [0.3, 0.4) is 0 Å². The van der Waals surface area contributed by atoms with E-state index in [2.05, 4.69) is 72.1 Å². The van der Waals surface area contributed by atoms with E-state index in [9.17, 15) is 0 Å². The molecular weight excluding hydrogens is 366 g/mol. The molecule has 3 heteroatoms. The Kier molecular flexibility index (Phi) is 6.55. The van der Waals surface area contributed by atoms with Crippen LogP contribution < -0.4 is 5.32 Å². The zero-order valence-corrected chi connectivity index (χ0v) is 19.1. The maximum absolute atomic E-state index is 4.47. The minimum absolute atomic E-state index is 0.508. The summed E-state index contributed by atoms with van der Waals surface area (Å²) in [6.45, 7) is 14.7. The van der Waals surface area contributed by atoms with Crippen molar-refractivity contribution in [2.24, 2.45) is 5.41 Å². The van der Waals surface area contributed by atoms with Gasteiger partial charge in [0.15, 0.2) is 0 Å². The van der Waals surface area contributed by atoms with E-state index in [0.29, 0.717) is 5.41 Å². The molecule has 0 aromatic heterocycles. The lowest BCUT2D eigenvalue weighted by atomic mass is 9.77. The lowest BCUT2D eigenvalue weighted by Gasteiger charge is -2.41. The Morgan fingerprint density at radius 2 is 1.97 bits per heavy atom. The van der Waals surface area contributed by atoms with Gasteiger partial charge in [-0.25, -0.2) is 0 Å². The summed E-state index contributed by atoms with van der Waals surface area (Å²) < 4.78 is 0. The molecule has 2 saturated heterocycles. The molecular formula is C27H39N3. The predicted octanol–water partition coefficient (Wildman–Crippen LogP) is 5.18. The predicted molar refractivity (Wildman–Crippen MR) is 127 cm³/mol. The lowest BCUT2D eigenvalue weighted by molar-refractivity contribution is 0.134. The topological polar surface area (TPSA) is 18.5 Å². The second-order valence-corrected chi connectivity index (χ2v) is 9.64. The van der Waals surface area contributed by atoms with Crippen LogP contribution in [0, 0.1) is 12.3 Å². The second-order valence-electron chi connectivity index (χ2n) is 9.64. The van der Waals surface area contributed by atoms with Gasteiger partial charge in [-0.2, -0.15) is 0 Å². The van der Waals surface area contributed by atoms with Crippen molar-refractivity contribution >= 4 is 0 Å². The van der Waals surface area contributed by atoms with Crippen LogP contribution in [0.4, 0.5) is 0 Å². The maximum atomic E-state index is 4.47. The monoisotopic (exact) mass is 405 g/mol. The largest absolute Gasteiger partial charge is 0.387 e. The number of dihydropyridines is 1. The van der Waals surface area contributed by atoms with Crippen LogP contribution in [0.2, 0.25) is 0 Å². The quantitative estimate of drug-likeness (QED) is 0.674. The van der Waals surface area contributed by atoms with Crippen molar-refractivity contribution in [3.8, 4) is 0 Å². The Morgan fingerprint density at radius 1 is 1.17 bits per heavy atom. The number of rotatable bonds is 7. The highest BCUT2D eigenvalue weighted by atomic mass is 15.2. The van der Waals surface area contributed by atoms with Crippen molar-refractivity contribution in [1.29, 1.82) is 0 Å². The molecule has 3 aliphatic rings. The Morgan fingerprint density at radius 3 is 2.67 bits per heavy atom. The van der Waals surface area contributed by atoms with E-state index in [1.54, 1.807) is 0 Å². The zero-order chi connectivity index (χ0) is 21.0. The number of likely N-dealkylation sites (tertiary alicyclic amines) is 2. The normalized spacial score (nSPS) is 20.4. The van der Waals surface area contributed by atoms with Crippen molar-refractivity contribution in [3.63, 3.8) is 0 Å². The first-order valence-corrected chi connectivity index (χ1v) is 11.9. The van der Waals surface area contributed by atoms with Gasteiger partial charge in [0, 0.05) is 50.5 Å². The van der Waals surface area contributed by atoms with E-state index >= 15 is 0 Å². The first kappa shape index (κ1) is 21.1. The van der Waals surface area contributed by atoms with Gasteiger partial charge in [-0.15, -0.1) is 0 Å². The van der Waals surface area contributed by atoms with Gasteiger partial charge in [0.05, 0.1) is 0 Å². The van der Waals surface area contributed by atoms with Gasteiger partial charge >= 0.3 is 0 Å². The number of aryl methyl sites for hydroxylation is 2. The van der Waals surface area contributed by atoms with E-state index in [1.807, 2.05) is 0 Å². The van der Waals surface area contributed by atoms with Gasteiger partial charge in [-0.1, -0.05) is 38.1 Å². The number of benzene rings is 1. The third-order valence-corrected chi connectivity index (χ3v) is 7.49. The average molecular weight is 406 g/mol. The van der Waals surface area contributed by atoms with E-state index in [-0.39, 0.29) is 0 Å². The maximum Gasteiger partial charge on any atom is 0.0357 e. The number of allylic oxidation sites excluding steroid dienone is 2. The molecule has 0 amide bonds. The fourth-order valence-electron chi connectivity index (χ4n) is 5.40. The molecule has 2 fully saturated rings. The van der Waals surface area contributed by atoms with Crippen LogP contribution in [0.15, 0.2) is 54.5 Å². The molecule has 3 aliphatic heterocycles. The molecule has 3 heterocycles. The first-order chi connectivity index (χ1) is 14.6. The molecule has 3 nitrogen and oxygen atoms in total. The average Bonchev–Trinajstić information content (AvgIpc) is 3.18. The van der Waals surface area contributed by atoms with Crippen LogP contribution in [-0.4, -0.2) is 42.5 Å². The zero-order valence-electron chi connectivity index (χ0n) is 19.1. The van der Waals surface area contributed by atoms with E-state index < -0.39 is 0 Å². The minimum Gasteiger partial charge on any atom is -0.387 e. The molecule has 1 spiro atoms. The highest BCUT2D eigenvalue weighted by Crippen LogP contribution is 2.42. The summed E-state index contributed by atoms with van der Waals surface area (Å²) in [4.78, 5) is 5.16. The lowest BCUT2D eigenvalue weighted by Crippen LogP contribution is -2.41. The minimum atomic E-state index is 0.508. The van der Waals surface area contributed by atoms with Gasteiger partial charge in [0.1, 0.15) is 0 Å². The van der Waals surface area contributed by atoms with E-state index in [4.69, 9.17) is 0 Å². The smallest absolute Gasteiger partial charge is 0.0357 e. The summed E-state index contributed by atoms with van der Waals surface area (Å²) in [7, 11) is 0. The number of piperidine rings is 1. The van der Waals surface area contributed by atoms with Crippen LogP contribution >= 0.6 is 0 Å². The van der Waals surface area contributed by atoms with Crippen LogP contribution in [0.5, 0.6) is 0 Å². The standard InChI is InChI=1S/C27H39N3/c1-4-5-6-25-8-7-24(19-22(25)2)20-23(3)29-16-11-27(12-17-29)13-18-30(21-27)26-9-14-28-15-10-26/h7-10,14,19,28H,3-6,11-13,15-18,20-21H2,1-2H3. The second kappa shape index (κ2) is 9.32. The third-order valence-electron chi connectivity index (χ3n) is 7.49. The van der Waals surface area contributed by atoms with Crippen LogP contribution in [0.25, 0.3) is 0 Å². The Hall–Kier alpha value is -2.16. The van der Waals surface area contributed by atoms with Crippen molar-refractivity contribution < 1.29 is 0 Å². The van der Waals surface area contributed by atoms with E-state index in [1.165, 1.54) is 79.7 Å². The summed E-state index contributed by atoms with van der Waals surface area (Å²) in [5, 5.41) is 3.26. The van der Waals surface area contributed by atoms with Crippen molar-refractivity contribution in [1.82, 2.24) is 15.1 Å². The van der Waals surface area contributed by atoms with Crippen molar-refractivity contribution in [3.05, 3.63) is 71.2 Å². The molecule has 30 heavy (non-hydrogen) atoms. The SMILES string of the molecule is C=C(Cc1ccc(CCCC)c(C)c1)N1CCC2(CC1)CCN(C1=CCNC=C1)C2. The van der Waals surface area contributed by atoms with Crippen LogP contribution in [0.1, 0.15) is 55.7 Å². The number of nitrogens with one attached hydrogen (secondary N) is 1. The summed E-state index contributed by atoms with van der Waals surface area (Å²) in [5.41, 5.74) is 7.58.